The highest BCUT2D eigenvalue weighted by molar-refractivity contribution is 7.15. The van der Waals surface area contributed by atoms with Crippen LogP contribution in [0.15, 0.2) is 0 Å². The van der Waals surface area contributed by atoms with Gasteiger partial charge in [0.25, 0.3) is 0 Å². The highest BCUT2D eigenvalue weighted by atomic mass is 32.1. The van der Waals surface area contributed by atoms with Crippen LogP contribution in [0.2, 0.25) is 0 Å². The van der Waals surface area contributed by atoms with Crippen LogP contribution in [0.4, 0.5) is 5.13 Å². The fourth-order valence-electron chi connectivity index (χ4n) is 2.24. The molecule has 20 heavy (non-hydrogen) atoms. The van der Waals surface area contributed by atoms with Crippen LogP contribution in [0.25, 0.3) is 0 Å². The zero-order valence-corrected chi connectivity index (χ0v) is 12.8. The van der Waals surface area contributed by atoms with Crippen LogP contribution < -0.4 is 11.1 Å². The molecule has 112 valence electrons. The van der Waals surface area contributed by atoms with Crippen molar-refractivity contribution in [3.05, 3.63) is 5.01 Å². The average molecular weight is 298 g/mol. The van der Waals surface area contributed by atoms with E-state index in [0.29, 0.717) is 11.7 Å². The Balaban J connectivity index is 1.75. The number of rotatable bonds is 5. The fraction of sp³-hybridized carbons (Fsp3) is 0.750. The van der Waals surface area contributed by atoms with Gasteiger partial charge in [-0.15, -0.1) is 10.2 Å². The molecule has 2 rings (SSSR count). The number of nitrogen functional groups attached to an aromatic ring is 1. The third kappa shape index (κ3) is 4.12. The number of aromatic nitrogens is 2. The molecule has 1 aliphatic rings. The first-order valence-corrected chi connectivity index (χ1v) is 7.73. The monoisotopic (exact) mass is 298 g/mol. The van der Waals surface area contributed by atoms with Crippen LogP contribution >= 0.6 is 11.3 Å². The number of anilines is 1. The van der Waals surface area contributed by atoms with Gasteiger partial charge in [0.2, 0.25) is 11.0 Å². The van der Waals surface area contributed by atoms with Crippen molar-refractivity contribution in [2.45, 2.75) is 19.9 Å². The van der Waals surface area contributed by atoms with Crippen molar-refractivity contribution in [2.24, 2.45) is 0 Å². The first kappa shape index (κ1) is 15.1. The normalized spacial score (nSPS) is 18.9. The standard InChI is InChI=1S/C12H22N6OS/c1-3-17-4-6-18(7-5-17)8-10(19)14-9(2)11-15-16-12(13)20-11/h9H,3-8H2,1-2H3,(H2,13,16)(H,14,19)/t9-/m0/s1. The number of nitrogens with one attached hydrogen (secondary N) is 1. The number of nitrogens with two attached hydrogens (primary N) is 1. The van der Waals surface area contributed by atoms with Crippen molar-refractivity contribution in [2.75, 3.05) is 45.0 Å². The highest BCUT2D eigenvalue weighted by Crippen LogP contribution is 2.18. The molecule has 1 saturated heterocycles. The summed E-state index contributed by atoms with van der Waals surface area (Å²) in [7, 11) is 0. The van der Waals surface area contributed by atoms with E-state index in [-0.39, 0.29) is 11.9 Å². The van der Waals surface area contributed by atoms with Gasteiger partial charge in [0.15, 0.2) is 0 Å². The van der Waals surface area contributed by atoms with Crippen LogP contribution in [0.3, 0.4) is 0 Å². The number of likely N-dealkylation sites (N-methyl/N-ethyl adjacent to an activating group) is 1. The smallest absolute Gasteiger partial charge is 0.234 e. The Hall–Kier alpha value is -1.25. The molecule has 1 amide bonds. The number of piperazine rings is 1. The van der Waals surface area contributed by atoms with E-state index in [0.717, 1.165) is 37.7 Å². The molecule has 0 saturated carbocycles. The molecular formula is C12H22N6OS. The van der Waals surface area contributed by atoms with Gasteiger partial charge in [-0.25, -0.2) is 0 Å². The van der Waals surface area contributed by atoms with Crippen molar-refractivity contribution in [1.82, 2.24) is 25.3 Å². The van der Waals surface area contributed by atoms with Crippen LogP contribution in [0.5, 0.6) is 0 Å². The Bertz CT molecular complexity index is 443. The largest absolute Gasteiger partial charge is 0.374 e. The second-order valence-electron chi connectivity index (χ2n) is 4.98. The lowest BCUT2D eigenvalue weighted by atomic mass is 10.3. The third-order valence-corrected chi connectivity index (χ3v) is 4.42. The second-order valence-corrected chi connectivity index (χ2v) is 6.02. The van der Waals surface area contributed by atoms with Crippen LogP contribution in [-0.2, 0) is 4.79 Å². The lowest BCUT2D eigenvalue weighted by Gasteiger charge is -2.33. The fourth-order valence-corrected chi connectivity index (χ4v) is 2.85. The highest BCUT2D eigenvalue weighted by Gasteiger charge is 2.19. The van der Waals surface area contributed by atoms with Gasteiger partial charge >= 0.3 is 0 Å². The van der Waals surface area contributed by atoms with E-state index < -0.39 is 0 Å². The molecule has 0 bridgehead atoms. The summed E-state index contributed by atoms with van der Waals surface area (Å²) in [5, 5.41) is 11.8. The van der Waals surface area contributed by atoms with Crippen molar-refractivity contribution in [1.29, 1.82) is 0 Å². The Morgan fingerprint density at radius 2 is 2.00 bits per heavy atom. The molecule has 0 unspecified atom stereocenters. The van der Waals surface area contributed by atoms with Crippen molar-refractivity contribution in [3.8, 4) is 0 Å². The number of hydrogen-bond donors (Lipinski definition) is 2. The lowest BCUT2D eigenvalue weighted by molar-refractivity contribution is -0.123. The zero-order valence-electron chi connectivity index (χ0n) is 12.0. The van der Waals surface area contributed by atoms with Gasteiger partial charge in [-0.2, -0.15) is 0 Å². The maximum Gasteiger partial charge on any atom is 0.234 e. The first-order valence-electron chi connectivity index (χ1n) is 6.91. The van der Waals surface area contributed by atoms with Gasteiger partial charge in [-0.05, 0) is 13.5 Å². The summed E-state index contributed by atoms with van der Waals surface area (Å²) in [6.07, 6.45) is 0. The summed E-state index contributed by atoms with van der Waals surface area (Å²) < 4.78 is 0. The summed E-state index contributed by atoms with van der Waals surface area (Å²) >= 11 is 1.31. The first-order chi connectivity index (χ1) is 9.58. The number of carbonyl (C=O) groups is 1. The molecule has 0 aliphatic carbocycles. The minimum Gasteiger partial charge on any atom is -0.374 e. The summed E-state index contributed by atoms with van der Waals surface area (Å²) in [5.74, 6) is 0.0243. The Morgan fingerprint density at radius 1 is 1.35 bits per heavy atom. The summed E-state index contributed by atoms with van der Waals surface area (Å²) in [6.45, 7) is 9.54. The maximum absolute atomic E-state index is 12.0. The predicted molar refractivity (Wildman–Crippen MR) is 79.4 cm³/mol. The molecule has 0 radical (unpaired) electrons. The summed E-state index contributed by atoms with van der Waals surface area (Å²) in [4.78, 5) is 16.6. The zero-order chi connectivity index (χ0) is 14.5. The van der Waals surface area contributed by atoms with Crippen LogP contribution in [0, 0.1) is 0 Å². The minimum absolute atomic E-state index is 0.0243. The Labute approximate surface area is 123 Å². The second kappa shape index (κ2) is 6.96. The molecule has 1 aromatic rings. The molecule has 1 atom stereocenters. The SMILES string of the molecule is CCN1CCN(CC(=O)N[C@@H](C)c2nnc(N)s2)CC1. The molecule has 1 aliphatic heterocycles. The van der Waals surface area contributed by atoms with Crippen LogP contribution in [-0.4, -0.2) is 65.2 Å². The number of carbonyl (C=O) groups excluding carboxylic acids is 1. The van der Waals surface area contributed by atoms with E-state index in [1.807, 2.05) is 6.92 Å². The van der Waals surface area contributed by atoms with Gasteiger partial charge in [0, 0.05) is 26.2 Å². The van der Waals surface area contributed by atoms with Crippen molar-refractivity contribution >= 4 is 22.4 Å². The molecular weight excluding hydrogens is 276 g/mol. The van der Waals surface area contributed by atoms with Crippen LogP contribution in [0.1, 0.15) is 24.9 Å². The summed E-state index contributed by atoms with van der Waals surface area (Å²) in [6, 6.07) is -0.144. The van der Waals surface area contributed by atoms with Gasteiger partial charge < -0.3 is 16.0 Å². The van der Waals surface area contributed by atoms with Gasteiger partial charge in [0.05, 0.1) is 12.6 Å². The maximum atomic E-state index is 12.0. The minimum atomic E-state index is -0.144. The predicted octanol–water partition coefficient (Wildman–Crippen LogP) is -0.0650. The third-order valence-electron chi connectivity index (χ3n) is 3.48. The van der Waals surface area contributed by atoms with Gasteiger partial charge in [-0.3, -0.25) is 9.69 Å². The van der Waals surface area contributed by atoms with E-state index in [1.165, 1.54) is 11.3 Å². The molecule has 8 heteroatoms. The Morgan fingerprint density at radius 3 is 2.55 bits per heavy atom. The van der Waals surface area contributed by atoms with E-state index in [4.69, 9.17) is 5.73 Å². The quantitative estimate of drug-likeness (QED) is 0.791. The molecule has 3 N–H and O–H groups in total. The van der Waals surface area contributed by atoms with Crippen molar-refractivity contribution < 1.29 is 4.79 Å². The molecule has 1 aromatic heterocycles. The van der Waals surface area contributed by atoms with E-state index in [1.54, 1.807) is 0 Å². The Kier molecular flexibility index (Phi) is 5.27. The van der Waals surface area contributed by atoms with E-state index in [2.05, 4.69) is 32.2 Å². The lowest BCUT2D eigenvalue weighted by Crippen LogP contribution is -2.49. The summed E-state index contributed by atoms with van der Waals surface area (Å²) in [5.41, 5.74) is 5.54. The van der Waals surface area contributed by atoms with E-state index in [9.17, 15) is 4.79 Å². The number of amides is 1. The van der Waals surface area contributed by atoms with Crippen molar-refractivity contribution in [3.63, 3.8) is 0 Å². The number of hydrogen-bond acceptors (Lipinski definition) is 7. The van der Waals surface area contributed by atoms with E-state index >= 15 is 0 Å². The molecule has 7 nitrogen and oxygen atoms in total. The molecule has 2 heterocycles. The molecule has 0 aromatic carbocycles. The number of nitrogens with zero attached hydrogens (tertiary/aromatic N) is 4. The van der Waals surface area contributed by atoms with Gasteiger partial charge in [-0.1, -0.05) is 18.3 Å². The molecule has 0 spiro atoms. The van der Waals surface area contributed by atoms with Gasteiger partial charge in [0.1, 0.15) is 5.01 Å². The average Bonchev–Trinajstić information content (AvgIpc) is 2.86. The molecule has 1 fully saturated rings. The topological polar surface area (TPSA) is 87.4 Å².